The second-order valence-corrected chi connectivity index (χ2v) is 6.45. The van der Waals surface area contributed by atoms with Gasteiger partial charge < -0.3 is 10.6 Å². The van der Waals surface area contributed by atoms with E-state index < -0.39 is 0 Å². The van der Waals surface area contributed by atoms with Gasteiger partial charge in [-0.1, -0.05) is 6.92 Å². The second-order valence-electron chi connectivity index (χ2n) is 5.19. The third kappa shape index (κ3) is 3.30. The Morgan fingerprint density at radius 1 is 1.58 bits per heavy atom. The monoisotopic (exact) mass is 302 g/mol. The molecular weight excluding hydrogens is 280 g/mol. The molecule has 0 spiro atoms. The van der Waals surface area contributed by atoms with E-state index in [1.54, 1.807) is 11.3 Å². The van der Waals surface area contributed by atoms with Crippen molar-refractivity contribution in [3.05, 3.63) is 21.4 Å². The van der Waals surface area contributed by atoms with Crippen LogP contribution in [0.3, 0.4) is 0 Å². The lowest BCUT2D eigenvalue weighted by molar-refractivity contribution is 0.0748. The quantitative estimate of drug-likeness (QED) is 0.933. The summed E-state index contributed by atoms with van der Waals surface area (Å²) in [5.41, 5.74) is 7.01. The maximum absolute atomic E-state index is 12.5. The maximum Gasteiger partial charge on any atom is 0.264 e. The fourth-order valence-electron chi connectivity index (χ4n) is 2.71. The minimum atomic E-state index is 0. The zero-order chi connectivity index (χ0) is 13.3. The molecule has 2 heterocycles. The van der Waals surface area contributed by atoms with Gasteiger partial charge in [0, 0.05) is 17.5 Å². The lowest BCUT2D eigenvalue weighted by atomic mass is 10.1. The number of likely N-dealkylation sites (tertiary alicyclic amines) is 1. The summed E-state index contributed by atoms with van der Waals surface area (Å²) < 4.78 is 0. The molecule has 1 aliphatic rings. The molecule has 1 aromatic rings. The summed E-state index contributed by atoms with van der Waals surface area (Å²) in [5.74, 6) is 0.655. The molecule has 1 fully saturated rings. The molecule has 1 aliphatic heterocycles. The number of hydrogen-bond acceptors (Lipinski definition) is 3. The topological polar surface area (TPSA) is 46.3 Å². The first-order chi connectivity index (χ1) is 8.56. The van der Waals surface area contributed by atoms with Crippen molar-refractivity contribution >= 4 is 29.7 Å². The van der Waals surface area contributed by atoms with Crippen molar-refractivity contribution in [1.29, 1.82) is 0 Å². The Labute approximate surface area is 125 Å². The highest BCUT2D eigenvalue weighted by Crippen LogP contribution is 2.28. The summed E-state index contributed by atoms with van der Waals surface area (Å²) in [4.78, 5) is 16.6. The molecule has 2 atom stereocenters. The Morgan fingerprint density at radius 3 is 2.74 bits per heavy atom. The Balaban J connectivity index is 0.00000180. The van der Waals surface area contributed by atoms with Gasteiger partial charge in [0.05, 0.1) is 4.88 Å². The number of hydrogen-bond donors (Lipinski definition) is 1. The van der Waals surface area contributed by atoms with Crippen molar-refractivity contribution in [2.45, 2.75) is 39.7 Å². The Kier molecular flexibility index (Phi) is 5.83. The van der Waals surface area contributed by atoms with E-state index in [9.17, 15) is 4.79 Å². The van der Waals surface area contributed by atoms with Crippen molar-refractivity contribution in [2.24, 2.45) is 11.7 Å². The minimum absolute atomic E-state index is 0. The standard InChI is InChI=1S/C14H22N2OS.ClH/c1-4-12-6-13(18-10(12)3)14(17)16-8-11(7-15)5-9(16)2;/h6,9,11H,4-5,7-8,15H2,1-3H3;1H. The Bertz CT molecular complexity index is 447. The molecule has 0 bridgehead atoms. The number of carbonyl (C=O) groups excluding carboxylic acids is 1. The fourth-order valence-corrected chi connectivity index (χ4v) is 3.78. The summed E-state index contributed by atoms with van der Waals surface area (Å²) >= 11 is 1.62. The van der Waals surface area contributed by atoms with Gasteiger partial charge in [-0.05, 0) is 50.8 Å². The van der Waals surface area contributed by atoms with E-state index in [1.807, 2.05) is 4.90 Å². The van der Waals surface area contributed by atoms with Crippen molar-refractivity contribution in [1.82, 2.24) is 4.90 Å². The maximum atomic E-state index is 12.5. The zero-order valence-electron chi connectivity index (χ0n) is 11.8. The third-order valence-electron chi connectivity index (χ3n) is 3.87. The normalized spacial score (nSPS) is 22.4. The van der Waals surface area contributed by atoms with Gasteiger partial charge in [0.25, 0.3) is 5.91 Å². The summed E-state index contributed by atoms with van der Waals surface area (Å²) in [6.07, 6.45) is 2.03. The largest absolute Gasteiger partial charge is 0.335 e. The van der Waals surface area contributed by atoms with Crippen LogP contribution in [0.2, 0.25) is 0 Å². The van der Waals surface area contributed by atoms with Gasteiger partial charge in [0.2, 0.25) is 0 Å². The van der Waals surface area contributed by atoms with Gasteiger partial charge in [-0.2, -0.15) is 0 Å². The molecule has 1 aromatic heterocycles. The van der Waals surface area contributed by atoms with Crippen LogP contribution < -0.4 is 5.73 Å². The van der Waals surface area contributed by atoms with Crippen LogP contribution in [0.25, 0.3) is 0 Å². The molecule has 5 heteroatoms. The highest BCUT2D eigenvalue weighted by molar-refractivity contribution is 7.14. The van der Waals surface area contributed by atoms with Crippen LogP contribution >= 0.6 is 23.7 Å². The number of halogens is 1. The summed E-state index contributed by atoms with van der Waals surface area (Å²) in [6.45, 7) is 7.84. The molecular formula is C14H23ClN2OS. The number of rotatable bonds is 3. The van der Waals surface area contributed by atoms with E-state index in [1.165, 1.54) is 10.4 Å². The van der Waals surface area contributed by atoms with Crippen molar-refractivity contribution in [2.75, 3.05) is 13.1 Å². The average molecular weight is 303 g/mol. The SMILES string of the molecule is CCc1cc(C(=O)N2CC(CN)CC2C)sc1C.Cl. The number of amides is 1. The minimum Gasteiger partial charge on any atom is -0.335 e. The molecule has 1 amide bonds. The molecule has 2 unspecified atom stereocenters. The first-order valence-electron chi connectivity index (χ1n) is 6.67. The first kappa shape index (κ1) is 16.5. The predicted molar refractivity (Wildman–Crippen MR) is 83.3 cm³/mol. The van der Waals surface area contributed by atoms with Crippen molar-refractivity contribution in [3.8, 4) is 0 Å². The average Bonchev–Trinajstić information content (AvgIpc) is 2.91. The smallest absolute Gasteiger partial charge is 0.264 e. The van der Waals surface area contributed by atoms with E-state index in [4.69, 9.17) is 5.73 Å². The number of thiophene rings is 1. The van der Waals surface area contributed by atoms with Gasteiger partial charge >= 0.3 is 0 Å². The molecule has 2 rings (SSSR count). The molecule has 0 aromatic carbocycles. The number of nitrogens with two attached hydrogens (primary N) is 1. The summed E-state index contributed by atoms with van der Waals surface area (Å²) in [7, 11) is 0. The third-order valence-corrected chi connectivity index (χ3v) is 4.95. The van der Waals surface area contributed by atoms with Crippen LogP contribution in [0.15, 0.2) is 6.07 Å². The number of carbonyl (C=O) groups is 1. The van der Waals surface area contributed by atoms with E-state index in [2.05, 4.69) is 26.8 Å². The van der Waals surface area contributed by atoms with Crippen molar-refractivity contribution < 1.29 is 4.79 Å². The fraction of sp³-hybridized carbons (Fsp3) is 0.643. The van der Waals surface area contributed by atoms with Crippen LogP contribution in [0, 0.1) is 12.8 Å². The lowest BCUT2D eigenvalue weighted by Gasteiger charge is -2.20. The van der Waals surface area contributed by atoms with E-state index in [0.717, 1.165) is 24.3 Å². The Morgan fingerprint density at radius 2 is 2.26 bits per heavy atom. The van der Waals surface area contributed by atoms with Crippen molar-refractivity contribution in [3.63, 3.8) is 0 Å². The van der Waals surface area contributed by atoms with Gasteiger partial charge in [0.15, 0.2) is 0 Å². The highest BCUT2D eigenvalue weighted by Gasteiger charge is 2.32. The van der Waals surface area contributed by atoms with Gasteiger partial charge in [-0.3, -0.25) is 4.79 Å². The van der Waals surface area contributed by atoms with Gasteiger partial charge in [-0.25, -0.2) is 0 Å². The zero-order valence-corrected chi connectivity index (χ0v) is 13.4. The molecule has 0 saturated carbocycles. The summed E-state index contributed by atoms with van der Waals surface area (Å²) in [5, 5.41) is 0. The molecule has 0 aliphatic carbocycles. The first-order valence-corrected chi connectivity index (χ1v) is 7.48. The van der Waals surface area contributed by atoms with Crippen LogP contribution in [0.1, 0.15) is 40.4 Å². The van der Waals surface area contributed by atoms with E-state index in [-0.39, 0.29) is 18.3 Å². The molecule has 2 N–H and O–H groups in total. The molecule has 108 valence electrons. The van der Waals surface area contributed by atoms with Gasteiger partial charge in [0.1, 0.15) is 0 Å². The van der Waals surface area contributed by atoms with Crippen LogP contribution in [0.4, 0.5) is 0 Å². The van der Waals surface area contributed by atoms with Crippen LogP contribution in [-0.4, -0.2) is 29.9 Å². The second kappa shape index (κ2) is 6.73. The van der Waals surface area contributed by atoms with Crippen LogP contribution in [-0.2, 0) is 6.42 Å². The highest BCUT2D eigenvalue weighted by atomic mass is 35.5. The predicted octanol–water partition coefficient (Wildman–Crippen LogP) is 2.85. The molecule has 3 nitrogen and oxygen atoms in total. The molecule has 19 heavy (non-hydrogen) atoms. The van der Waals surface area contributed by atoms with E-state index >= 15 is 0 Å². The van der Waals surface area contributed by atoms with E-state index in [0.29, 0.717) is 18.5 Å². The number of nitrogens with zero attached hydrogens (tertiary/aromatic N) is 1. The number of aryl methyl sites for hydroxylation is 2. The van der Waals surface area contributed by atoms with Crippen LogP contribution in [0.5, 0.6) is 0 Å². The summed E-state index contributed by atoms with van der Waals surface area (Å²) in [6, 6.07) is 2.38. The lowest BCUT2D eigenvalue weighted by Crippen LogP contribution is -2.33. The molecule has 1 saturated heterocycles. The van der Waals surface area contributed by atoms with Gasteiger partial charge in [-0.15, -0.1) is 23.7 Å². The molecule has 0 radical (unpaired) electrons. The Hall–Kier alpha value is -0.580.